The van der Waals surface area contributed by atoms with E-state index in [0.717, 1.165) is 10.9 Å². The van der Waals surface area contributed by atoms with Crippen molar-refractivity contribution in [1.29, 1.82) is 0 Å². The van der Waals surface area contributed by atoms with E-state index in [2.05, 4.69) is 22.9 Å². The van der Waals surface area contributed by atoms with Gasteiger partial charge >= 0.3 is 0 Å². The van der Waals surface area contributed by atoms with Gasteiger partial charge in [-0.3, -0.25) is 4.79 Å². The van der Waals surface area contributed by atoms with Crippen LogP contribution in [-0.4, -0.2) is 23.4 Å². The Morgan fingerprint density at radius 2 is 2.06 bits per heavy atom. The number of halogens is 1. The summed E-state index contributed by atoms with van der Waals surface area (Å²) in [4.78, 5) is 14.1. The Balaban J connectivity index is 3.08. The lowest BCUT2D eigenvalue weighted by Gasteiger charge is -2.35. The molecular weight excluding hydrogens is 280 g/mol. The first-order valence-corrected chi connectivity index (χ1v) is 6.42. The molecule has 1 amide bonds. The molecule has 3 nitrogen and oxygen atoms in total. The molecule has 0 unspecified atom stereocenters. The number of nitrogens with zero attached hydrogens (tertiary/aromatic N) is 1. The lowest BCUT2D eigenvalue weighted by atomic mass is 9.98. The molecular formula is C13H19BrN2O. The first-order valence-electron chi connectivity index (χ1n) is 5.62. The second-order valence-electron chi connectivity index (χ2n) is 4.76. The number of hydrogen-bond donors (Lipinski definition) is 1. The van der Waals surface area contributed by atoms with Crippen molar-refractivity contribution in [3.63, 3.8) is 0 Å². The van der Waals surface area contributed by atoms with Crippen LogP contribution in [0, 0.1) is 0 Å². The number of carbonyl (C=O) groups is 1. The fraction of sp³-hybridized carbons (Fsp3) is 0.462. The normalized spacial score (nSPS) is 11.4. The zero-order valence-corrected chi connectivity index (χ0v) is 12.3. The lowest BCUT2D eigenvalue weighted by molar-refractivity contribution is 0.0621. The van der Waals surface area contributed by atoms with Gasteiger partial charge in [0.15, 0.2) is 0 Å². The largest absolute Gasteiger partial charge is 0.398 e. The molecule has 0 aliphatic carbocycles. The van der Waals surface area contributed by atoms with Gasteiger partial charge in [0.1, 0.15) is 0 Å². The summed E-state index contributed by atoms with van der Waals surface area (Å²) in [5.74, 6) is -0.0457. The summed E-state index contributed by atoms with van der Waals surface area (Å²) >= 11 is 3.35. The van der Waals surface area contributed by atoms with Crippen LogP contribution in [0.4, 0.5) is 5.69 Å². The standard InChI is InChI=1S/C13H19BrN2O/c1-5-13(2,3)16(4)12(17)10-8-9(14)6-7-11(10)15/h6-8H,5,15H2,1-4H3. The van der Waals surface area contributed by atoms with E-state index < -0.39 is 0 Å². The molecule has 0 atom stereocenters. The number of carbonyl (C=O) groups excluding carboxylic acids is 1. The van der Waals surface area contributed by atoms with E-state index in [4.69, 9.17) is 5.73 Å². The average molecular weight is 299 g/mol. The van der Waals surface area contributed by atoms with Crippen LogP contribution in [-0.2, 0) is 0 Å². The molecule has 4 heteroatoms. The summed E-state index contributed by atoms with van der Waals surface area (Å²) in [6, 6.07) is 5.33. The second kappa shape index (κ2) is 5.08. The molecule has 17 heavy (non-hydrogen) atoms. The first kappa shape index (κ1) is 14.0. The highest BCUT2D eigenvalue weighted by Gasteiger charge is 2.27. The summed E-state index contributed by atoms with van der Waals surface area (Å²) in [6.07, 6.45) is 0.892. The predicted octanol–water partition coefficient (Wildman–Crippen LogP) is 3.29. The maximum absolute atomic E-state index is 12.3. The van der Waals surface area contributed by atoms with E-state index in [1.54, 1.807) is 17.0 Å². The topological polar surface area (TPSA) is 46.3 Å². The average Bonchev–Trinajstić information content (AvgIpc) is 2.30. The summed E-state index contributed by atoms with van der Waals surface area (Å²) < 4.78 is 0.859. The van der Waals surface area contributed by atoms with Gasteiger partial charge in [-0.15, -0.1) is 0 Å². The van der Waals surface area contributed by atoms with E-state index in [9.17, 15) is 4.79 Å². The fourth-order valence-corrected chi connectivity index (χ4v) is 1.77. The molecule has 2 N–H and O–H groups in total. The van der Waals surface area contributed by atoms with Crippen molar-refractivity contribution >= 4 is 27.5 Å². The molecule has 0 aromatic heterocycles. The van der Waals surface area contributed by atoms with Gasteiger partial charge in [-0.1, -0.05) is 22.9 Å². The Hall–Kier alpha value is -1.03. The third-order valence-electron chi connectivity index (χ3n) is 3.32. The number of benzene rings is 1. The number of anilines is 1. The quantitative estimate of drug-likeness (QED) is 0.871. The van der Waals surface area contributed by atoms with Crippen LogP contribution < -0.4 is 5.73 Å². The molecule has 0 radical (unpaired) electrons. The van der Waals surface area contributed by atoms with Crippen LogP contribution in [0.3, 0.4) is 0 Å². The molecule has 94 valence electrons. The number of nitrogen functional groups attached to an aromatic ring is 1. The van der Waals surface area contributed by atoms with Crippen LogP contribution in [0.5, 0.6) is 0 Å². The number of amides is 1. The molecule has 1 rings (SSSR count). The molecule has 1 aromatic rings. The van der Waals surface area contributed by atoms with Crippen molar-refractivity contribution in [3.05, 3.63) is 28.2 Å². The van der Waals surface area contributed by atoms with Gasteiger partial charge in [-0.2, -0.15) is 0 Å². The highest BCUT2D eigenvalue weighted by Crippen LogP contribution is 2.24. The number of nitrogens with two attached hydrogens (primary N) is 1. The van der Waals surface area contributed by atoms with Gasteiger partial charge in [-0.25, -0.2) is 0 Å². The Bertz CT molecular complexity index is 429. The van der Waals surface area contributed by atoms with Gasteiger partial charge in [0, 0.05) is 22.7 Å². The molecule has 1 aromatic carbocycles. The molecule has 0 aliphatic rings. The molecule has 0 saturated heterocycles. The van der Waals surface area contributed by atoms with E-state index in [0.29, 0.717) is 11.3 Å². The predicted molar refractivity (Wildman–Crippen MR) is 75.0 cm³/mol. The lowest BCUT2D eigenvalue weighted by Crippen LogP contribution is -2.44. The minimum atomic E-state index is -0.175. The zero-order chi connectivity index (χ0) is 13.2. The van der Waals surface area contributed by atoms with Crippen molar-refractivity contribution in [2.75, 3.05) is 12.8 Å². The summed E-state index contributed by atoms with van der Waals surface area (Å²) in [6.45, 7) is 6.15. The molecule has 0 spiro atoms. The molecule has 0 saturated carbocycles. The second-order valence-corrected chi connectivity index (χ2v) is 5.68. The van der Waals surface area contributed by atoms with Gasteiger partial charge in [0.05, 0.1) is 5.56 Å². The first-order chi connectivity index (χ1) is 7.79. The monoisotopic (exact) mass is 298 g/mol. The maximum Gasteiger partial charge on any atom is 0.256 e. The van der Waals surface area contributed by atoms with E-state index in [1.807, 2.05) is 27.0 Å². The van der Waals surface area contributed by atoms with Crippen LogP contribution in [0.2, 0.25) is 0 Å². The Morgan fingerprint density at radius 3 is 2.59 bits per heavy atom. The van der Waals surface area contributed by atoms with Crippen LogP contribution in [0.25, 0.3) is 0 Å². The number of rotatable bonds is 3. The Kier molecular flexibility index (Phi) is 4.20. The fourth-order valence-electron chi connectivity index (χ4n) is 1.41. The van der Waals surface area contributed by atoms with Crippen LogP contribution in [0.1, 0.15) is 37.6 Å². The van der Waals surface area contributed by atoms with Crippen molar-refractivity contribution < 1.29 is 4.79 Å². The molecule has 0 aliphatic heterocycles. The summed E-state index contributed by atoms with van der Waals surface area (Å²) in [7, 11) is 1.81. The van der Waals surface area contributed by atoms with Gasteiger partial charge in [0.2, 0.25) is 0 Å². The third kappa shape index (κ3) is 3.00. The minimum absolute atomic E-state index is 0.0457. The van der Waals surface area contributed by atoms with Crippen molar-refractivity contribution in [2.24, 2.45) is 0 Å². The molecule has 0 heterocycles. The molecule has 0 bridgehead atoms. The number of hydrogen-bond acceptors (Lipinski definition) is 2. The highest BCUT2D eigenvalue weighted by molar-refractivity contribution is 9.10. The van der Waals surface area contributed by atoms with E-state index in [-0.39, 0.29) is 11.4 Å². The maximum atomic E-state index is 12.3. The van der Waals surface area contributed by atoms with Crippen LogP contribution in [0.15, 0.2) is 22.7 Å². The molecule has 0 fully saturated rings. The van der Waals surface area contributed by atoms with Crippen molar-refractivity contribution in [3.8, 4) is 0 Å². The van der Waals surface area contributed by atoms with Crippen LogP contribution >= 0.6 is 15.9 Å². The Morgan fingerprint density at radius 1 is 1.47 bits per heavy atom. The highest BCUT2D eigenvalue weighted by atomic mass is 79.9. The zero-order valence-electron chi connectivity index (χ0n) is 10.7. The van der Waals surface area contributed by atoms with Crippen molar-refractivity contribution in [2.45, 2.75) is 32.7 Å². The summed E-state index contributed by atoms with van der Waals surface area (Å²) in [5.41, 5.74) is 6.73. The Labute approximate surface area is 111 Å². The van der Waals surface area contributed by atoms with Gasteiger partial charge in [-0.05, 0) is 38.5 Å². The third-order valence-corrected chi connectivity index (χ3v) is 3.82. The minimum Gasteiger partial charge on any atom is -0.398 e. The van der Waals surface area contributed by atoms with E-state index >= 15 is 0 Å². The van der Waals surface area contributed by atoms with Gasteiger partial charge < -0.3 is 10.6 Å². The van der Waals surface area contributed by atoms with Crippen molar-refractivity contribution in [1.82, 2.24) is 4.90 Å². The SMILES string of the molecule is CCC(C)(C)N(C)C(=O)c1cc(Br)ccc1N. The smallest absolute Gasteiger partial charge is 0.256 e. The van der Waals surface area contributed by atoms with Gasteiger partial charge in [0.25, 0.3) is 5.91 Å². The van der Waals surface area contributed by atoms with E-state index in [1.165, 1.54) is 0 Å². The summed E-state index contributed by atoms with van der Waals surface area (Å²) in [5, 5.41) is 0.